The highest BCUT2D eigenvalue weighted by atomic mass is 16.2. The second-order valence-electron chi connectivity index (χ2n) is 5.65. The Balaban J connectivity index is 1.99. The Morgan fingerprint density at radius 2 is 2.20 bits per heavy atom. The summed E-state index contributed by atoms with van der Waals surface area (Å²) in [6.45, 7) is 5.54. The summed E-state index contributed by atoms with van der Waals surface area (Å²) < 4.78 is 0. The highest BCUT2D eigenvalue weighted by molar-refractivity contribution is 6.35. The quantitative estimate of drug-likeness (QED) is 0.596. The number of carbonyl (C=O) groups is 2. The Bertz CT molecular complexity index is 958. The van der Waals surface area contributed by atoms with E-state index < -0.39 is 0 Å². The molecule has 0 unspecified atom stereocenters. The second kappa shape index (κ2) is 6.65. The molecule has 0 saturated carbocycles. The van der Waals surface area contributed by atoms with Crippen LogP contribution in [0.15, 0.2) is 18.2 Å². The van der Waals surface area contributed by atoms with Crippen molar-refractivity contribution in [3.05, 3.63) is 41.0 Å². The fourth-order valence-corrected chi connectivity index (χ4v) is 2.67. The average molecular weight is 334 g/mol. The van der Waals surface area contributed by atoms with Crippen molar-refractivity contribution in [1.82, 2.24) is 9.97 Å². The number of amides is 2. The Morgan fingerprint density at radius 3 is 2.88 bits per heavy atom. The van der Waals surface area contributed by atoms with E-state index in [1.165, 1.54) is 0 Å². The summed E-state index contributed by atoms with van der Waals surface area (Å²) in [4.78, 5) is 31.7. The number of imidazole rings is 1. The lowest BCUT2D eigenvalue weighted by Gasteiger charge is -2.04. The molecule has 2 aromatic rings. The van der Waals surface area contributed by atoms with Gasteiger partial charge in [0.25, 0.3) is 11.8 Å². The van der Waals surface area contributed by atoms with Gasteiger partial charge in [0.15, 0.2) is 0 Å². The molecule has 6 nitrogen and oxygen atoms in total. The predicted molar refractivity (Wildman–Crippen MR) is 97.7 cm³/mol. The lowest BCUT2D eigenvalue weighted by atomic mass is 10.0. The molecule has 0 radical (unpaired) electrons. The lowest BCUT2D eigenvalue weighted by Crippen LogP contribution is -2.08. The highest BCUT2D eigenvalue weighted by Crippen LogP contribution is 2.35. The molecule has 1 aliphatic heterocycles. The number of hydrogen-bond donors (Lipinski definition) is 3. The van der Waals surface area contributed by atoms with Gasteiger partial charge in [-0.05, 0) is 44.0 Å². The van der Waals surface area contributed by atoms with Crippen LogP contribution in [0.2, 0.25) is 0 Å². The number of nitrogens with zero attached hydrogens (tertiary/aromatic N) is 1. The SMILES string of the molecule is CC#CC(=O)Nc1ccc2c(c1)C(=Cc1nc(CC)[nH]c1C)C(=O)N2. The number of nitrogens with one attached hydrogen (secondary N) is 3. The molecule has 0 spiro atoms. The molecular weight excluding hydrogens is 316 g/mol. The Labute approximate surface area is 145 Å². The van der Waals surface area contributed by atoms with E-state index in [1.54, 1.807) is 31.2 Å². The minimum Gasteiger partial charge on any atom is -0.346 e. The number of benzene rings is 1. The fraction of sp³-hybridized carbons (Fsp3) is 0.211. The first-order valence-electron chi connectivity index (χ1n) is 7.98. The maximum atomic E-state index is 12.3. The van der Waals surface area contributed by atoms with Gasteiger partial charge >= 0.3 is 0 Å². The van der Waals surface area contributed by atoms with Gasteiger partial charge in [-0.2, -0.15) is 0 Å². The van der Waals surface area contributed by atoms with Gasteiger partial charge < -0.3 is 15.6 Å². The van der Waals surface area contributed by atoms with E-state index in [4.69, 9.17) is 0 Å². The van der Waals surface area contributed by atoms with E-state index >= 15 is 0 Å². The summed E-state index contributed by atoms with van der Waals surface area (Å²) in [6, 6.07) is 5.25. The van der Waals surface area contributed by atoms with Crippen LogP contribution in [-0.4, -0.2) is 21.8 Å². The summed E-state index contributed by atoms with van der Waals surface area (Å²) in [5.74, 6) is 5.28. The monoisotopic (exact) mass is 334 g/mol. The van der Waals surface area contributed by atoms with Crippen molar-refractivity contribution in [3.63, 3.8) is 0 Å². The smallest absolute Gasteiger partial charge is 0.300 e. The van der Waals surface area contributed by atoms with Crippen molar-refractivity contribution < 1.29 is 9.59 Å². The molecule has 3 N–H and O–H groups in total. The molecule has 0 fully saturated rings. The van der Waals surface area contributed by atoms with Crippen molar-refractivity contribution >= 4 is 34.8 Å². The van der Waals surface area contributed by atoms with Gasteiger partial charge in [0.1, 0.15) is 5.82 Å². The molecule has 0 saturated heterocycles. The van der Waals surface area contributed by atoms with Gasteiger partial charge in [-0.3, -0.25) is 9.59 Å². The number of H-pyrrole nitrogens is 1. The van der Waals surface area contributed by atoms with Gasteiger partial charge in [-0.1, -0.05) is 12.8 Å². The maximum Gasteiger partial charge on any atom is 0.300 e. The van der Waals surface area contributed by atoms with Crippen LogP contribution in [0.5, 0.6) is 0 Å². The number of fused-ring (bicyclic) bond motifs is 1. The Hall–Kier alpha value is -3.33. The molecule has 25 heavy (non-hydrogen) atoms. The van der Waals surface area contributed by atoms with Gasteiger partial charge in [0.05, 0.1) is 11.3 Å². The normalized spacial score (nSPS) is 13.9. The average Bonchev–Trinajstić information content (AvgIpc) is 3.08. The van der Waals surface area contributed by atoms with E-state index in [0.717, 1.165) is 29.2 Å². The van der Waals surface area contributed by atoms with E-state index in [1.807, 2.05) is 13.8 Å². The number of aryl methyl sites for hydroxylation is 2. The lowest BCUT2D eigenvalue weighted by molar-refractivity contribution is -0.111. The molecule has 1 aliphatic rings. The topological polar surface area (TPSA) is 86.9 Å². The number of carbonyl (C=O) groups excluding carboxylic acids is 2. The zero-order chi connectivity index (χ0) is 18.0. The first kappa shape index (κ1) is 16.5. The molecule has 1 aromatic heterocycles. The van der Waals surface area contributed by atoms with Crippen LogP contribution in [0, 0.1) is 18.8 Å². The van der Waals surface area contributed by atoms with Crippen molar-refractivity contribution in [3.8, 4) is 11.8 Å². The minimum atomic E-state index is -0.388. The molecule has 6 heteroatoms. The number of aromatic amines is 1. The molecule has 3 rings (SSSR count). The van der Waals surface area contributed by atoms with Gasteiger partial charge in [-0.25, -0.2) is 4.98 Å². The van der Waals surface area contributed by atoms with Gasteiger partial charge in [0.2, 0.25) is 0 Å². The highest BCUT2D eigenvalue weighted by Gasteiger charge is 2.25. The van der Waals surface area contributed by atoms with E-state index in [2.05, 4.69) is 32.4 Å². The zero-order valence-electron chi connectivity index (χ0n) is 14.3. The van der Waals surface area contributed by atoms with Crippen molar-refractivity contribution in [2.75, 3.05) is 10.6 Å². The first-order valence-corrected chi connectivity index (χ1v) is 7.98. The van der Waals surface area contributed by atoms with E-state index in [9.17, 15) is 9.59 Å². The molecular formula is C19H18N4O2. The minimum absolute atomic E-state index is 0.188. The van der Waals surface area contributed by atoms with E-state index in [0.29, 0.717) is 16.9 Å². The number of aromatic nitrogens is 2. The van der Waals surface area contributed by atoms with Crippen LogP contribution in [0.25, 0.3) is 11.6 Å². The van der Waals surface area contributed by atoms with Crippen LogP contribution in [0.1, 0.15) is 36.6 Å². The maximum absolute atomic E-state index is 12.3. The summed E-state index contributed by atoms with van der Waals surface area (Å²) in [7, 11) is 0. The summed E-state index contributed by atoms with van der Waals surface area (Å²) in [5, 5.41) is 5.52. The number of hydrogen-bond acceptors (Lipinski definition) is 3. The van der Waals surface area contributed by atoms with Gasteiger partial charge in [0, 0.05) is 29.1 Å². The summed E-state index contributed by atoms with van der Waals surface area (Å²) in [5.41, 5.74) is 4.19. The largest absolute Gasteiger partial charge is 0.346 e. The third kappa shape index (κ3) is 3.31. The van der Waals surface area contributed by atoms with Gasteiger partial charge in [-0.15, -0.1) is 0 Å². The summed E-state index contributed by atoms with van der Waals surface area (Å²) in [6.07, 6.45) is 2.56. The van der Waals surface area contributed by atoms with Crippen molar-refractivity contribution in [2.45, 2.75) is 27.2 Å². The van der Waals surface area contributed by atoms with Crippen LogP contribution < -0.4 is 10.6 Å². The van der Waals surface area contributed by atoms with Crippen molar-refractivity contribution in [2.24, 2.45) is 0 Å². The van der Waals surface area contributed by atoms with Crippen LogP contribution >= 0.6 is 0 Å². The third-order valence-corrected chi connectivity index (χ3v) is 3.89. The van der Waals surface area contributed by atoms with Crippen molar-refractivity contribution in [1.29, 1.82) is 0 Å². The molecule has 2 heterocycles. The van der Waals surface area contributed by atoms with Crippen LogP contribution in [0.3, 0.4) is 0 Å². The molecule has 0 atom stereocenters. The Morgan fingerprint density at radius 1 is 1.40 bits per heavy atom. The van der Waals surface area contributed by atoms with E-state index in [-0.39, 0.29) is 11.8 Å². The number of anilines is 2. The first-order chi connectivity index (χ1) is 12.0. The number of rotatable bonds is 3. The molecule has 126 valence electrons. The Kier molecular flexibility index (Phi) is 4.40. The second-order valence-corrected chi connectivity index (χ2v) is 5.65. The van der Waals surface area contributed by atoms with Crippen LogP contribution in [-0.2, 0) is 16.0 Å². The van der Waals surface area contributed by atoms with Crippen LogP contribution in [0.4, 0.5) is 11.4 Å². The summed E-state index contributed by atoms with van der Waals surface area (Å²) >= 11 is 0. The molecule has 2 amide bonds. The zero-order valence-corrected chi connectivity index (χ0v) is 14.3. The standard InChI is InChI=1S/C19H18N4O2/c1-4-6-18(24)21-12-7-8-15-13(9-12)14(19(25)23-15)10-16-11(3)20-17(5-2)22-16/h7-10H,5H2,1-3H3,(H,20,22)(H,21,24)(H,23,25). The molecule has 0 bridgehead atoms. The fourth-order valence-electron chi connectivity index (χ4n) is 2.67. The predicted octanol–water partition coefficient (Wildman–Crippen LogP) is 2.74. The third-order valence-electron chi connectivity index (χ3n) is 3.89. The molecule has 1 aromatic carbocycles. The molecule has 0 aliphatic carbocycles.